The molecule has 1 saturated heterocycles. The van der Waals surface area contributed by atoms with Gasteiger partial charge in [-0.3, -0.25) is 9.69 Å². The van der Waals surface area contributed by atoms with Crippen LogP contribution in [0.5, 0.6) is 5.88 Å². The average molecular weight is 563 g/mol. The molecule has 0 unspecified atom stereocenters. The molecule has 7 heteroatoms. The van der Waals surface area contributed by atoms with Crippen LogP contribution in [0.15, 0.2) is 94.6 Å². The van der Waals surface area contributed by atoms with E-state index in [0.717, 1.165) is 53.8 Å². The zero-order valence-electron chi connectivity index (χ0n) is 23.1. The SMILES string of the molecule is CC[C@@H](NC(=O)c1ccc2[nH]c(O)c(C(=Nc3ccc(CN4CCCC4)cc3)c3ccsc3)c2c1)c1ccccc1. The Morgan fingerprint density at radius 2 is 1.80 bits per heavy atom. The number of aliphatic imine (C=N–C) groups is 1. The molecule has 6 nitrogen and oxygen atoms in total. The van der Waals surface area contributed by atoms with Crippen LogP contribution in [-0.2, 0) is 6.54 Å². The van der Waals surface area contributed by atoms with Gasteiger partial charge in [-0.15, -0.1) is 0 Å². The smallest absolute Gasteiger partial charge is 0.251 e. The molecule has 0 aliphatic carbocycles. The second-order valence-electron chi connectivity index (χ2n) is 10.6. The molecule has 208 valence electrons. The van der Waals surface area contributed by atoms with Gasteiger partial charge in [0.1, 0.15) is 0 Å². The molecule has 0 bridgehead atoms. The number of likely N-dealkylation sites (tertiary alicyclic amines) is 1. The van der Waals surface area contributed by atoms with Gasteiger partial charge in [-0.25, -0.2) is 4.99 Å². The van der Waals surface area contributed by atoms with Crippen molar-refractivity contribution >= 4 is 39.5 Å². The highest BCUT2D eigenvalue weighted by atomic mass is 32.1. The Balaban J connectivity index is 1.34. The zero-order chi connectivity index (χ0) is 28.2. The number of aromatic amines is 1. The number of thiophene rings is 1. The fourth-order valence-electron chi connectivity index (χ4n) is 5.57. The number of aromatic nitrogens is 1. The van der Waals surface area contributed by atoms with E-state index < -0.39 is 0 Å². The summed E-state index contributed by atoms with van der Waals surface area (Å²) in [6.07, 6.45) is 3.33. The number of hydrogen-bond donors (Lipinski definition) is 3. The number of nitrogens with zero attached hydrogens (tertiary/aromatic N) is 2. The van der Waals surface area contributed by atoms with Crippen LogP contribution in [-0.4, -0.2) is 39.7 Å². The van der Waals surface area contributed by atoms with E-state index in [-0.39, 0.29) is 17.8 Å². The van der Waals surface area contributed by atoms with Crippen molar-refractivity contribution in [3.05, 3.63) is 117 Å². The number of rotatable bonds is 9. The van der Waals surface area contributed by atoms with Crippen molar-refractivity contribution in [1.29, 1.82) is 0 Å². The van der Waals surface area contributed by atoms with Crippen LogP contribution in [0, 0.1) is 0 Å². The second kappa shape index (κ2) is 12.1. The van der Waals surface area contributed by atoms with Crippen molar-refractivity contribution in [2.75, 3.05) is 13.1 Å². The molecule has 0 spiro atoms. The highest BCUT2D eigenvalue weighted by molar-refractivity contribution is 7.08. The minimum Gasteiger partial charge on any atom is -0.494 e. The summed E-state index contributed by atoms with van der Waals surface area (Å²) >= 11 is 1.58. The lowest BCUT2D eigenvalue weighted by Crippen LogP contribution is -2.28. The highest BCUT2D eigenvalue weighted by Gasteiger charge is 2.21. The Morgan fingerprint density at radius 3 is 2.51 bits per heavy atom. The van der Waals surface area contributed by atoms with Crippen molar-refractivity contribution < 1.29 is 9.90 Å². The first kappa shape index (κ1) is 27.0. The molecule has 5 aromatic rings. The molecule has 0 saturated carbocycles. The van der Waals surface area contributed by atoms with Crippen LogP contribution in [0.2, 0.25) is 0 Å². The first-order valence-electron chi connectivity index (χ1n) is 14.2. The monoisotopic (exact) mass is 562 g/mol. The number of nitrogens with one attached hydrogen (secondary N) is 2. The number of benzene rings is 3. The minimum absolute atomic E-state index is 0.0314. The molecule has 1 aliphatic heterocycles. The Kier molecular flexibility index (Phi) is 7.98. The predicted molar refractivity (Wildman–Crippen MR) is 167 cm³/mol. The molecule has 3 heterocycles. The summed E-state index contributed by atoms with van der Waals surface area (Å²) in [5, 5.41) is 19.1. The van der Waals surface area contributed by atoms with Crippen LogP contribution >= 0.6 is 11.3 Å². The minimum atomic E-state index is -0.156. The maximum Gasteiger partial charge on any atom is 0.251 e. The van der Waals surface area contributed by atoms with E-state index in [9.17, 15) is 9.90 Å². The molecule has 3 aromatic carbocycles. The van der Waals surface area contributed by atoms with Crippen molar-refractivity contribution in [2.24, 2.45) is 4.99 Å². The van der Waals surface area contributed by atoms with Crippen LogP contribution < -0.4 is 5.32 Å². The van der Waals surface area contributed by atoms with Gasteiger partial charge in [0.15, 0.2) is 5.88 Å². The van der Waals surface area contributed by atoms with Gasteiger partial charge in [0.25, 0.3) is 5.91 Å². The van der Waals surface area contributed by atoms with Gasteiger partial charge in [0.2, 0.25) is 0 Å². The molecule has 3 N–H and O–H groups in total. The number of fused-ring (bicyclic) bond motifs is 1. The molecule has 1 fully saturated rings. The fraction of sp³-hybridized carbons (Fsp3) is 0.235. The summed E-state index contributed by atoms with van der Waals surface area (Å²) in [6.45, 7) is 5.34. The van der Waals surface area contributed by atoms with E-state index >= 15 is 0 Å². The molecule has 2 aromatic heterocycles. The van der Waals surface area contributed by atoms with Gasteiger partial charge in [0, 0.05) is 34.0 Å². The Bertz CT molecular complexity index is 1650. The Hall–Kier alpha value is -4.20. The summed E-state index contributed by atoms with van der Waals surface area (Å²) < 4.78 is 0. The van der Waals surface area contributed by atoms with E-state index in [2.05, 4.69) is 34.3 Å². The Morgan fingerprint density at radius 1 is 1.02 bits per heavy atom. The summed E-state index contributed by atoms with van der Waals surface area (Å²) in [5.41, 5.74) is 6.60. The normalized spacial score (nSPS) is 14.9. The third-order valence-electron chi connectivity index (χ3n) is 7.77. The number of hydrogen-bond acceptors (Lipinski definition) is 5. The number of aromatic hydroxyl groups is 1. The number of amides is 1. The van der Waals surface area contributed by atoms with Crippen LogP contribution in [0.3, 0.4) is 0 Å². The van der Waals surface area contributed by atoms with Crippen molar-refractivity contribution in [2.45, 2.75) is 38.8 Å². The molecule has 1 atom stereocenters. The van der Waals surface area contributed by atoms with Crippen molar-refractivity contribution in [3.8, 4) is 5.88 Å². The lowest BCUT2D eigenvalue weighted by Gasteiger charge is -2.17. The molecular formula is C34H34N4O2S. The summed E-state index contributed by atoms with van der Waals surface area (Å²) in [5.74, 6) is -0.124. The van der Waals surface area contributed by atoms with E-state index in [1.54, 1.807) is 17.4 Å². The second-order valence-corrected chi connectivity index (χ2v) is 11.4. The maximum absolute atomic E-state index is 13.4. The van der Waals surface area contributed by atoms with Crippen LogP contribution in [0.25, 0.3) is 10.9 Å². The third-order valence-corrected chi connectivity index (χ3v) is 8.45. The topological polar surface area (TPSA) is 80.7 Å². The first-order chi connectivity index (χ1) is 20.1. The number of carbonyl (C=O) groups is 1. The maximum atomic E-state index is 13.4. The number of H-pyrrole nitrogens is 1. The third kappa shape index (κ3) is 5.97. The zero-order valence-corrected chi connectivity index (χ0v) is 24.0. The van der Waals surface area contributed by atoms with Crippen LogP contribution in [0.1, 0.15) is 64.8 Å². The van der Waals surface area contributed by atoms with Crippen molar-refractivity contribution in [3.63, 3.8) is 0 Å². The van der Waals surface area contributed by atoms with E-state index in [4.69, 9.17) is 4.99 Å². The highest BCUT2D eigenvalue weighted by Crippen LogP contribution is 2.33. The van der Waals surface area contributed by atoms with E-state index in [1.165, 1.54) is 18.4 Å². The lowest BCUT2D eigenvalue weighted by atomic mass is 10.0. The van der Waals surface area contributed by atoms with Gasteiger partial charge in [-0.05, 0) is 85.3 Å². The largest absolute Gasteiger partial charge is 0.494 e. The van der Waals surface area contributed by atoms with Crippen LogP contribution in [0.4, 0.5) is 5.69 Å². The average Bonchev–Trinajstić information content (AvgIpc) is 3.78. The summed E-state index contributed by atoms with van der Waals surface area (Å²) in [7, 11) is 0. The fourth-order valence-corrected chi connectivity index (χ4v) is 6.22. The van der Waals surface area contributed by atoms with Gasteiger partial charge >= 0.3 is 0 Å². The molecule has 6 rings (SSSR count). The standard InChI is InChI=1S/C34H34N4O2S/c1-2-29(24-8-4-3-5-9-24)36-33(39)25-12-15-30-28(20-25)31(34(40)37-30)32(26-16-19-41-22-26)35-27-13-10-23(11-14-27)21-38-17-6-7-18-38/h3-5,8-16,19-20,22,29,37,40H,2,6-7,17-18,21H2,1H3,(H,36,39)/t29-/m1/s1. The lowest BCUT2D eigenvalue weighted by molar-refractivity contribution is 0.0935. The van der Waals surface area contributed by atoms with E-state index in [0.29, 0.717) is 16.8 Å². The number of carbonyl (C=O) groups excluding carboxylic acids is 1. The summed E-state index contributed by atoms with van der Waals surface area (Å²) in [4.78, 5) is 24.0. The molecule has 41 heavy (non-hydrogen) atoms. The summed E-state index contributed by atoms with van der Waals surface area (Å²) in [6, 6.07) is 25.7. The van der Waals surface area contributed by atoms with Gasteiger partial charge < -0.3 is 15.4 Å². The molecule has 1 aliphatic rings. The molecule has 0 radical (unpaired) electrons. The van der Waals surface area contributed by atoms with Gasteiger partial charge in [-0.1, -0.05) is 49.4 Å². The van der Waals surface area contributed by atoms with Gasteiger partial charge in [0.05, 0.1) is 23.0 Å². The molecular weight excluding hydrogens is 528 g/mol. The molecule has 1 amide bonds. The predicted octanol–water partition coefficient (Wildman–Crippen LogP) is 7.58. The van der Waals surface area contributed by atoms with E-state index in [1.807, 2.05) is 71.4 Å². The van der Waals surface area contributed by atoms with Crippen molar-refractivity contribution in [1.82, 2.24) is 15.2 Å². The Labute approximate surface area is 244 Å². The van der Waals surface area contributed by atoms with Gasteiger partial charge in [-0.2, -0.15) is 11.3 Å². The first-order valence-corrected chi connectivity index (χ1v) is 15.2. The quantitative estimate of drug-likeness (QED) is 0.162.